The zero-order chi connectivity index (χ0) is 22.3. The van der Waals surface area contributed by atoms with Crippen LogP contribution in [0.3, 0.4) is 0 Å². The van der Waals surface area contributed by atoms with E-state index in [1.807, 2.05) is 26.8 Å². The summed E-state index contributed by atoms with van der Waals surface area (Å²) in [7, 11) is 0. The Hall–Kier alpha value is -2.35. The molecule has 0 bridgehead atoms. The highest BCUT2D eigenvalue weighted by atomic mass is 32.2. The molecular formula is C23H29FN4O2S. The Morgan fingerprint density at radius 1 is 1.32 bits per heavy atom. The van der Waals surface area contributed by atoms with Crippen LogP contribution in [0.25, 0.3) is 10.9 Å². The van der Waals surface area contributed by atoms with Gasteiger partial charge in [0.2, 0.25) is 0 Å². The largest absolute Gasteiger partial charge is 0.444 e. The average molecular weight is 445 g/mol. The third-order valence-corrected chi connectivity index (χ3v) is 6.61. The summed E-state index contributed by atoms with van der Waals surface area (Å²) in [6.45, 7) is 11.5. The molecule has 4 rings (SSSR count). The van der Waals surface area contributed by atoms with Gasteiger partial charge in [-0.25, -0.2) is 13.9 Å². The average Bonchev–Trinajstić information content (AvgIpc) is 3.32. The molecule has 0 spiro atoms. The highest BCUT2D eigenvalue weighted by molar-refractivity contribution is 8.14. The Kier molecular flexibility index (Phi) is 5.85. The van der Waals surface area contributed by atoms with Crippen molar-refractivity contribution >= 4 is 33.9 Å². The fourth-order valence-electron chi connectivity index (χ4n) is 3.86. The molecule has 0 aliphatic carbocycles. The van der Waals surface area contributed by atoms with Crippen molar-refractivity contribution in [2.75, 3.05) is 19.6 Å². The van der Waals surface area contributed by atoms with Crippen LogP contribution < -0.4 is 0 Å². The quantitative estimate of drug-likeness (QED) is 0.599. The molecule has 166 valence electrons. The second kappa shape index (κ2) is 8.30. The first kappa shape index (κ1) is 21.9. The lowest BCUT2D eigenvalue weighted by Gasteiger charge is -2.30. The molecule has 6 nitrogen and oxygen atoms in total. The highest BCUT2D eigenvalue weighted by Crippen LogP contribution is 2.34. The number of carbonyl (C=O) groups excluding carboxylic acids is 1. The number of fused-ring (bicyclic) bond motifs is 1. The molecule has 0 N–H and O–H groups in total. The van der Waals surface area contributed by atoms with Gasteiger partial charge in [-0.05, 0) is 39.2 Å². The number of para-hydroxylation sites is 1. The maximum absolute atomic E-state index is 14.7. The molecule has 1 aromatic carbocycles. The summed E-state index contributed by atoms with van der Waals surface area (Å²) >= 11 is 1.62. The van der Waals surface area contributed by atoms with E-state index in [1.54, 1.807) is 27.4 Å². The molecule has 3 heterocycles. The summed E-state index contributed by atoms with van der Waals surface area (Å²) in [5.41, 5.74) is 2.14. The van der Waals surface area contributed by atoms with Gasteiger partial charge in [-0.3, -0.25) is 4.99 Å². The van der Waals surface area contributed by atoms with E-state index in [0.717, 1.165) is 22.7 Å². The van der Waals surface area contributed by atoms with Gasteiger partial charge in [0.05, 0.1) is 17.5 Å². The first-order valence-electron chi connectivity index (χ1n) is 10.7. The van der Waals surface area contributed by atoms with E-state index < -0.39 is 5.60 Å². The smallest absolute Gasteiger partial charge is 0.410 e. The molecular weight excluding hydrogens is 415 g/mol. The molecule has 0 fully saturated rings. The van der Waals surface area contributed by atoms with E-state index in [9.17, 15) is 9.18 Å². The number of amides is 1. The fraction of sp³-hybridized carbons (Fsp3) is 0.522. The summed E-state index contributed by atoms with van der Waals surface area (Å²) < 4.78 is 21.8. The number of nitrogens with zero attached hydrogens (tertiary/aromatic N) is 4. The Labute approximate surface area is 186 Å². The van der Waals surface area contributed by atoms with E-state index in [2.05, 4.69) is 19.9 Å². The number of rotatable bonds is 2. The predicted octanol–water partition coefficient (Wildman–Crippen LogP) is 5.19. The van der Waals surface area contributed by atoms with Crippen molar-refractivity contribution in [2.24, 2.45) is 4.99 Å². The minimum Gasteiger partial charge on any atom is -0.444 e. The number of carbonyl (C=O) groups is 1. The van der Waals surface area contributed by atoms with Crippen molar-refractivity contribution in [3.63, 3.8) is 0 Å². The predicted molar refractivity (Wildman–Crippen MR) is 123 cm³/mol. The molecule has 2 aliphatic rings. The summed E-state index contributed by atoms with van der Waals surface area (Å²) in [5.74, 6) is -0.0956. The Balaban J connectivity index is 1.49. The number of hydrogen-bond donors (Lipinski definition) is 0. The van der Waals surface area contributed by atoms with Gasteiger partial charge in [-0.15, -0.1) is 0 Å². The van der Waals surface area contributed by atoms with Crippen LogP contribution in [0, 0.1) is 5.82 Å². The first-order valence-corrected chi connectivity index (χ1v) is 11.6. The van der Waals surface area contributed by atoms with Crippen molar-refractivity contribution in [1.82, 2.24) is 14.7 Å². The molecule has 1 aromatic heterocycles. The molecule has 0 saturated carbocycles. The first-order chi connectivity index (χ1) is 14.6. The van der Waals surface area contributed by atoms with Crippen LogP contribution in [0.4, 0.5) is 9.18 Å². The summed E-state index contributed by atoms with van der Waals surface area (Å²) in [5, 5.41) is 6.47. The van der Waals surface area contributed by atoms with Crippen LogP contribution in [-0.2, 0) is 4.74 Å². The molecule has 1 amide bonds. The van der Waals surface area contributed by atoms with Gasteiger partial charge in [0.15, 0.2) is 5.17 Å². The monoisotopic (exact) mass is 444 g/mol. The summed E-state index contributed by atoms with van der Waals surface area (Å²) in [6, 6.07) is 5.12. The number of thioether (sulfide) groups is 1. The SMILES string of the molecule is CC(C)c1nn(C2=NCC(C3=CCN(C(=O)OC(C)(C)C)CC3)S2)c2c(F)cccc12. The van der Waals surface area contributed by atoms with Crippen molar-refractivity contribution in [1.29, 1.82) is 0 Å². The van der Waals surface area contributed by atoms with E-state index in [4.69, 9.17) is 14.8 Å². The number of aromatic nitrogens is 2. The van der Waals surface area contributed by atoms with Gasteiger partial charge in [-0.1, -0.05) is 49.4 Å². The van der Waals surface area contributed by atoms with Crippen molar-refractivity contribution < 1.29 is 13.9 Å². The Morgan fingerprint density at radius 2 is 2.10 bits per heavy atom. The Bertz CT molecular complexity index is 1070. The lowest BCUT2D eigenvalue weighted by molar-refractivity contribution is 0.0265. The third-order valence-electron chi connectivity index (χ3n) is 5.36. The van der Waals surface area contributed by atoms with E-state index in [-0.39, 0.29) is 23.1 Å². The van der Waals surface area contributed by atoms with Gasteiger partial charge < -0.3 is 9.64 Å². The molecule has 2 aliphatic heterocycles. The standard InChI is InChI=1S/C23H29FN4O2S/c1-14(2)19-16-7-6-8-17(24)20(16)28(26-19)21-25-13-18(31-21)15-9-11-27(12-10-15)22(29)30-23(3,4)5/h6-9,14,18H,10-13H2,1-5H3. The zero-order valence-electron chi connectivity index (χ0n) is 18.7. The number of ether oxygens (including phenoxy) is 1. The van der Waals surface area contributed by atoms with Crippen LogP contribution in [0.15, 0.2) is 34.8 Å². The molecule has 1 atom stereocenters. The number of halogens is 1. The molecule has 1 unspecified atom stereocenters. The van der Waals surface area contributed by atoms with Crippen LogP contribution >= 0.6 is 11.8 Å². The lowest BCUT2D eigenvalue weighted by Crippen LogP contribution is -2.40. The molecule has 0 radical (unpaired) electrons. The Morgan fingerprint density at radius 3 is 2.74 bits per heavy atom. The third kappa shape index (κ3) is 4.49. The summed E-state index contributed by atoms with van der Waals surface area (Å²) in [4.78, 5) is 18.7. The molecule has 8 heteroatoms. The van der Waals surface area contributed by atoms with Crippen LogP contribution in [0.5, 0.6) is 0 Å². The van der Waals surface area contributed by atoms with Gasteiger partial charge in [0.25, 0.3) is 0 Å². The van der Waals surface area contributed by atoms with Crippen molar-refractivity contribution in [3.05, 3.63) is 41.4 Å². The second-order valence-electron chi connectivity index (χ2n) is 9.27. The van der Waals surface area contributed by atoms with Gasteiger partial charge in [0, 0.05) is 18.5 Å². The lowest BCUT2D eigenvalue weighted by atomic mass is 10.0. The van der Waals surface area contributed by atoms with Gasteiger partial charge in [0.1, 0.15) is 16.9 Å². The maximum atomic E-state index is 14.7. The van der Waals surface area contributed by atoms with Crippen molar-refractivity contribution in [3.8, 4) is 0 Å². The number of hydrogen-bond acceptors (Lipinski definition) is 5. The molecule has 31 heavy (non-hydrogen) atoms. The second-order valence-corrected chi connectivity index (χ2v) is 10.4. The minimum absolute atomic E-state index is 0.185. The molecule has 0 saturated heterocycles. The number of aliphatic imine (C=N–C) groups is 1. The van der Waals surface area contributed by atoms with Crippen LogP contribution in [0.1, 0.15) is 52.7 Å². The van der Waals surface area contributed by atoms with E-state index in [1.165, 1.54) is 11.6 Å². The normalized spacial score (nSPS) is 19.7. The van der Waals surface area contributed by atoms with E-state index in [0.29, 0.717) is 25.2 Å². The zero-order valence-corrected chi connectivity index (χ0v) is 19.5. The summed E-state index contributed by atoms with van der Waals surface area (Å²) in [6.07, 6.45) is 2.61. The van der Waals surface area contributed by atoms with Gasteiger partial charge in [-0.2, -0.15) is 5.10 Å². The topological polar surface area (TPSA) is 59.7 Å². The minimum atomic E-state index is -0.498. The maximum Gasteiger partial charge on any atom is 0.410 e. The van der Waals surface area contributed by atoms with Crippen LogP contribution in [0.2, 0.25) is 0 Å². The van der Waals surface area contributed by atoms with Gasteiger partial charge >= 0.3 is 6.09 Å². The van der Waals surface area contributed by atoms with Crippen molar-refractivity contribution in [2.45, 2.75) is 57.8 Å². The highest BCUT2D eigenvalue weighted by Gasteiger charge is 2.30. The van der Waals surface area contributed by atoms with Crippen LogP contribution in [-0.4, -0.2) is 56.4 Å². The van der Waals surface area contributed by atoms with E-state index >= 15 is 0 Å². The molecule has 2 aromatic rings. The number of benzene rings is 1. The fourth-order valence-corrected chi connectivity index (χ4v) is 5.01.